The third-order valence-electron chi connectivity index (χ3n) is 2.12. The van der Waals surface area contributed by atoms with Crippen molar-refractivity contribution in [1.29, 1.82) is 0 Å². The summed E-state index contributed by atoms with van der Waals surface area (Å²) in [6.07, 6.45) is 0. The molecule has 0 aromatic carbocycles. The van der Waals surface area contributed by atoms with Crippen LogP contribution in [0.5, 0.6) is 0 Å². The molecule has 0 radical (unpaired) electrons. The van der Waals surface area contributed by atoms with Crippen LogP contribution in [0.4, 0.5) is 0 Å². The van der Waals surface area contributed by atoms with Crippen LogP contribution < -0.4 is 5.32 Å². The van der Waals surface area contributed by atoms with Gasteiger partial charge in [0.1, 0.15) is 0 Å². The van der Waals surface area contributed by atoms with Gasteiger partial charge in [-0.3, -0.25) is 4.79 Å². The van der Waals surface area contributed by atoms with Crippen LogP contribution in [0.1, 0.15) is 9.67 Å². The van der Waals surface area contributed by atoms with Crippen molar-refractivity contribution in [2.24, 2.45) is 0 Å². The number of alkyl halides is 1. The number of thiophene rings is 2. The maximum atomic E-state index is 11.8. The molecule has 0 aliphatic heterocycles. The standard InChI is InChI=1S/C11H12BrNO2S2/c12-2-4-15-5-3-13-11(14)10-7-9-8(17-10)1-6-16-9/h1,6-7H,2-5H2,(H,13,14). The minimum Gasteiger partial charge on any atom is -0.379 e. The number of ether oxygens (including phenoxy) is 1. The Bertz CT molecular complexity index is 466. The van der Waals surface area contributed by atoms with E-state index in [9.17, 15) is 4.79 Å². The molecule has 0 atom stereocenters. The highest BCUT2D eigenvalue weighted by molar-refractivity contribution is 9.09. The minimum absolute atomic E-state index is 0.0131. The van der Waals surface area contributed by atoms with Gasteiger partial charge in [-0.05, 0) is 17.5 Å². The van der Waals surface area contributed by atoms with Gasteiger partial charge in [0.2, 0.25) is 0 Å². The molecule has 17 heavy (non-hydrogen) atoms. The number of fused-ring (bicyclic) bond motifs is 1. The third-order valence-corrected chi connectivity index (χ3v) is 4.53. The van der Waals surface area contributed by atoms with Crippen molar-refractivity contribution in [3.05, 3.63) is 22.4 Å². The lowest BCUT2D eigenvalue weighted by Gasteiger charge is -2.03. The molecule has 2 aromatic heterocycles. The van der Waals surface area contributed by atoms with Crippen molar-refractivity contribution in [3.63, 3.8) is 0 Å². The summed E-state index contributed by atoms with van der Waals surface area (Å²) in [4.78, 5) is 12.6. The average Bonchev–Trinajstić information content (AvgIpc) is 2.88. The second-order valence-electron chi connectivity index (χ2n) is 3.32. The summed E-state index contributed by atoms with van der Waals surface area (Å²) < 4.78 is 7.61. The van der Waals surface area contributed by atoms with E-state index in [2.05, 4.69) is 21.2 Å². The minimum atomic E-state index is -0.0131. The van der Waals surface area contributed by atoms with Crippen LogP contribution in [0.25, 0.3) is 9.40 Å². The predicted octanol–water partition coefficient (Wildman–Crippen LogP) is 3.10. The maximum absolute atomic E-state index is 11.8. The molecule has 0 aliphatic carbocycles. The zero-order chi connectivity index (χ0) is 12.1. The molecule has 92 valence electrons. The van der Waals surface area contributed by atoms with E-state index in [0.717, 1.165) is 10.2 Å². The van der Waals surface area contributed by atoms with Crippen molar-refractivity contribution in [2.75, 3.05) is 25.1 Å². The maximum Gasteiger partial charge on any atom is 0.261 e. The van der Waals surface area contributed by atoms with Crippen molar-refractivity contribution >= 4 is 53.9 Å². The molecule has 0 saturated carbocycles. The lowest BCUT2D eigenvalue weighted by molar-refractivity contribution is 0.0928. The number of halogens is 1. The van der Waals surface area contributed by atoms with Crippen LogP contribution in [0.3, 0.4) is 0 Å². The summed E-state index contributed by atoms with van der Waals surface area (Å²) in [5.74, 6) is -0.0131. The molecule has 3 nitrogen and oxygen atoms in total. The van der Waals surface area contributed by atoms with Crippen LogP contribution in [0.2, 0.25) is 0 Å². The molecule has 0 bridgehead atoms. The molecule has 0 unspecified atom stereocenters. The van der Waals surface area contributed by atoms with Gasteiger partial charge in [0.15, 0.2) is 0 Å². The number of carbonyl (C=O) groups excluding carboxylic acids is 1. The molecule has 6 heteroatoms. The summed E-state index contributed by atoms with van der Waals surface area (Å²) in [5.41, 5.74) is 0. The van der Waals surface area contributed by atoms with Crippen LogP contribution in [0, 0.1) is 0 Å². The first-order valence-corrected chi connectivity index (χ1v) is 8.02. The van der Waals surface area contributed by atoms with Crippen molar-refractivity contribution in [3.8, 4) is 0 Å². The molecule has 0 saturated heterocycles. The molecule has 2 aromatic rings. The third kappa shape index (κ3) is 3.51. The second kappa shape index (κ2) is 6.49. The highest BCUT2D eigenvalue weighted by Crippen LogP contribution is 2.29. The van der Waals surface area contributed by atoms with Gasteiger partial charge in [-0.25, -0.2) is 0 Å². The Balaban J connectivity index is 1.81. The number of hydrogen-bond donors (Lipinski definition) is 1. The van der Waals surface area contributed by atoms with Gasteiger partial charge in [0.25, 0.3) is 5.91 Å². The van der Waals surface area contributed by atoms with E-state index in [1.807, 2.05) is 17.5 Å². The smallest absolute Gasteiger partial charge is 0.261 e. The number of amides is 1. The predicted molar refractivity (Wildman–Crippen MR) is 76.6 cm³/mol. The van der Waals surface area contributed by atoms with Gasteiger partial charge >= 0.3 is 0 Å². The number of hydrogen-bond acceptors (Lipinski definition) is 4. The topological polar surface area (TPSA) is 38.3 Å². The monoisotopic (exact) mass is 333 g/mol. The Hall–Kier alpha value is -0.430. The van der Waals surface area contributed by atoms with Crippen molar-refractivity contribution in [2.45, 2.75) is 0 Å². The Morgan fingerprint density at radius 2 is 2.29 bits per heavy atom. The van der Waals surface area contributed by atoms with Crippen LogP contribution in [0.15, 0.2) is 17.5 Å². The first kappa shape index (κ1) is 13.0. The van der Waals surface area contributed by atoms with Gasteiger partial charge in [0.05, 0.1) is 18.1 Å². The van der Waals surface area contributed by atoms with E-state index in [0.29, 0.717) is 19.8 Å². The molecule has 1 amide bonds. The molecule has 0 fully saturated rings. The van der Waals surface area contributed by atoms with Crippen molar-refractivity contribution < 1.29 is 9.53 Å². The SMILES string of the molecule is O=C(NCCOCCBr)c1cc2sccc2s1. The average molecular weight is 334 g/mol. The first-order chi connectivity index (χ1) is 8.31. The van der Waals surface area contributed by atoms with Gasteiger partial charge in [-0.15, -0.1) is 22.7 Å². The van der Waals surface area contributed by atoms with Crippen LogP contribution in [-0.4, -0.2) is 31.0 Å². The van der Waals surface area contributed by atoms with E-state index in [-0.39, 0.29) is 5.91 Å². The van der Waals surface area contributed by atoms with E-state index in [4.69, 9.17) is 4.74 Å². The van der Waals surface area contributed by atoms with Gasteiger partial charge in [-0.2, -0.15) is 0 Å². The molecular weight excluding hydrogens is 322 g/mol. The summed E-state index contributed by atoms with van der Waals surface area (Å²) >= 11 is 6.46. The van der Waals surface area contributed by atoms with Crippen molar-refractivity contribution in [1.82, 2.24) is 5.32 Å². The summed E-state index contributed by atoms with van der Waals surface area (Å²) in [6, 6.07) is 3.99. The summed E-state index contributed by atoms with van der Waals surface area (Å²) in [5, 5.41) is 5.70. The van der Waals surface area contributed by atoms with E-state index in [1.165, 1.54) is 20.7 Å². The fourth-order valence-electron chi connectivity index (χ4n) is 1.36. The molecular formula is C11H12BrNO2S2. The van der Waals surface area contributed by atoms with Crippen LogP contribution in [-0.2, 0) is 4.74 Å². The van der Waals surface area contributed by atoms with E-state index < -0.39 is 0 Å². The Kier molecular flexibility index (Phi) is 4.97. The zero-order valence-corrected chi connectivity index (χ0v) is 12.3. The fourth-order valence-corrected chi connectivity index (χ4v) is 3.61. The first-order valence-electron chi connectivity index (χ1n) is 5.20. The Morgan fingerprint density at radius 3 is 3.06 bits per heavy atom. The van der Waals surface area contributed by atoms with E-state index >= 15 is 0 Å². The van der Waals surface area contributed by atoms with Gasteiger partial charge < -0.3 is 10.1 Å². The van der Waals surface area contributed by atoms with Gasteiger partial charge in [0, 0.05) is 21.3 Å². The Morgan fingerprint density at radius 1 is 1.41 bits per heavy atom. The second-order valence-corrected chi connectivity index (χ2v) is 6.14. The molecule has 0 spiro atoms. The Labute approximate surface area is 116 Å². The molecule has 2 rings (SSSR count). The lowest BCUT2D eigenvalue weighted by Crippen LogP contribution is -2.26. The fraction of sp³-hybridized carbons (Fsp3) is 0.364. The summed E-state index contributed by atoms with van der Waals surface area (Å²) in [7, 11) is 0. The highest BCUT2D eigenvalue weighted by atomic mass is 79.9. The number of rotatable bonds is 6. The van der Waals surface area contributed by atoms with E-state index in [1.54, 1.807) is 11.3 Å². The summed E-state index contributed by atoms with van der Waals surface area (Å²) in [6.45, 7) is 1.78. The highest BCUT2D eigenvalue weighted by Gasteiger charge is 2.09. The zero-order valence-electron chi connectivity index (χ0n) is 9.07. The van der Waals surface area contributed by atoms with Crippen LogP contribution >= 0.6 is 38.6 Å². The number of carbonyl (C=O) groups is 1. The number of nitrogens with one attached hydrogen (secondary N) is 1. The molecule has 1 N–H and O–H groups in total. The normalized spacial score (nSPS) is 10.9. The molecule has 0 aliphatic rings. The molecule has 2 heterocycles. The quantitative estimate of drug-likeness (QED) is 0.651. The lowest BCUT2D eigenvalue weighted by atomic mass is 10.4. The van der Waals surface area contributed by atoms with Gasteiger partial charge in [-0.1, -0.05) is 15.9 Å². The largest absolute Gasteiger partial charge is 0.379 e.